The molecule has 0 bridgehead atoms. The Kier molecular flexibility index (Phi) is 4.14. The number of hydrogen-bond acceptors (Lipinski definition) is 5. The van der Waals surface area contributed by atoms with Gasteiger partial charge >= 0.3 is 6.09 Å². The molecule has 0 saturated carbocycles. The summed E-state index contributed by atoms with van der Waals surface area (Å²) in [5.74, 6) is -0.638. The average molecular weight is 320 g/mol. The number of cyclic esters (lactones) is 1. The first-order valence-corrected chi connectivity index (χ1v) is 7.36. The van der Waals surface area contributed by atoms with Crippen LogP contribution in [0.25, 0.3) is 0 Å². The van der Waals surface area contributed by atoms with Gasteiger partial charge in [-0.2, -0.15) is 5.10 Å². The van der Waals surface area contributed by atoms with Gasteiger partial charge in [0.15, 0.2) is 0 Å². The highest BCUT2D eigenvalue weighted by molar-refractivity contribution is 5.90. The Hall–Kier alpha value is -2.64. The fraction of sp³-hybridized carbons (Fsp3) is 0.400. The number of anilines is 2. The van der Waals surface area contributed by atoms with E-state index in [2.05, 4.69) is 10.4 Å². The number of carbonyl (C=O) groups is 2. The predicted molar refractivity (Wildman–Crippen MR) is 83.2 cm³/mol. The van der Waals surface area contributed by atoms with Crippen molar-refractivity contribution in [2.24, 2.45) is 5.10 Å². The lowest BCUT2D eigenvalue weighted by atomic mass is 10.2. The van der Waals surface area contributed by atoms with E-state index in [1.165, 1.54) is 17.9 Å². The number of nitrogens with one attached hydrogen (secondary N) is 1. The molecule has 1 fully saturated rings. The quantitative estimate of drug-likeness (QED) is 0.912. The summed E-state index contributed by atoms with van der Waals surface area (Å²) in [6, 6.07) is 4.56. The molecule has 1 saturated heterocycles. The molecule has 2 aliphatic rings. The number of hydrazone groups is 1. The van der Waals surface area contributed by atoms with Gasteiger partial charge in [-0.3, -0.25) is 14.7 Å². The number of amides is 2. The van der Waals surface area contributed by atoms with Gasteiger partial charge in [0.1, 0.15) is 11.9 Å². The molecule has 2 aliphatic heterocycles. The zero-order valence-electron chi connectivity index (χ0n) is 12.7. The van der Waals surface area contributed by atoms with Crippen molar-refractivity contribution < 1.29 is 18.7 Å². The monoisotopic (exact) mass is 320 g/mol. The first-order valence-electron chi connectivity index (χ1n) is 7.36. The summed E-state index contributed by atoms with van der Waals surface area (Å²) >= 11 is 0. The SMILES string of the molecule is CC(=O)NC[C@H]1CN(c2ccc(N3CCC=N3)c(F)c2)C(=O)O1. The Balaban J connectivity index is 1.71. The van der Waals surface area contributed by atoms with Crippen molar-refractivity contribution in [1.29, 1.82) is 0 Å². The molecular formula is C15H17FN4O3. The van der Waals surface area contributed by atoms with Crippen molar-refractivity contribution in [2.45, 2.75) is 19.4 Å². The van der Waals surface area contributed by atoms with Gasteiger partial charge in [-0.15, -0.1) is 0 Å². The number of benzene rings is 1. The lowest BCUT2D eigenvalue weighted by molar-refractivity contribution is -0.119. The third-order valence-corrected chi connectivity index (χ3v) is 3.66. The molecule has 122 valence electrons. The number of hydrogen-bond donors (Lipinski definition) is 1. The van der Waals surface area contributed by atoms with Crippen molar-refractivity contribution >= 4 is 29.6 Å². The van der Waals surface area contributed by atoms with Gasteiger partial charge in [-0.25, -0.2) is 9.18 Å². The minimum Gasteiger partial charge on any atom is -0.442 e. The first kappa shape index (κ1) is 15.3. The van der Waals surface area contributed by atoms with Crippen LogP contribution in [0.3, 0.4) is 0 Å². The van der Waals surface area contributed by atoms with Gasteiger partial charge in [-0.1, -0.05) is 0 Å². The Morgan fingerprint density at radius 3 is 3.00 bits per heavy atom. The van der Waals surface area contributed by atoms with Crippen LogP contribution < -0.4 is 15.2 Å². The fourth-order valence-electron chi connectivity index (χ4n) is 2.55. The molecule has 23 heavy (non-hydrogen) atoms. The number of carbonyl (C=O) groups excluding carboxylic acids is 2. The van der Waals surface area contributed by atoms with E-state index < -0.39 is 18.0 Å². The van der Waals surface area contributed by atoms with Gasteiger partial charge in [-0.05, 0) is 18.2 Å². The van der Waals surface area contributed by atoms with Crippen LogP contribution in [0.2, 0.25) is 0 Å². The molecule has 0 aromatic heterocycles. The van der Waals surface area contributed by atoms with Crippen LogP contribution in [0, 0.1) is 5.82 Å². The average Bonchev–Trinajstić information content (AvgIpc) is 3.14. The zero-order valence-corrected chi connectivity index (χ0v) is 12.7. The summed E-state index contributed by atoms with van der Waals surface area (Å²) < 4.78 is 19.4. The molecule has 1 N–H and O–H groups in total. The van der Waals surface area contributed by atoms with Crippen molar-refractivity contribution in [1.82, 2.24) is 5.32 Å². The van der Waals surface area contributed by atoms with E-state index in [9.17, 15) is 14.0 Å². The second kappa shape index (κ2) is 6.23. The van der Waals surface area contributed by atoms with E-state index in [-0.39, 0.29) is 19.0 Å². The molecule has 8 heteroatoms. The molecule has 3 rings (SSSR count). The molecule has 2 amide bonds. The highest BCUT2D eigenvalue weighted by Crippen LogP contribution is 2.28. The van der Waals surface area contributed by atoms with Gasteiger partial charge < -0.3 is 10.1 Å². The molecule has 0 aliphatic carbocycles. The Morgan fingerprint density at radius 1 is 1.52 bits per heavy atom. The summed E-state index contributed by atoms with van der Waals surface area (Å²) in [4.78, 5) is 24.2. The maximum Gasteiger partial charge on any atom is 0.414 e. The molecule has 1 aromatic rings. The summed E-state index contributed by atoms with van der Waals surface area (Å²) in [6.45, 7) is 2.53. The normalized spacial score (nSPS) is 20.1. The van der Waals surface area contributed by atoms with E-state index in [0.717, 1.165) is 6.42 Å². The predicted octanol–water partition coefficient (Wildman–Crippen LogP) is 1.48. The van der Waals surface area contributed by atoms with Crippen LogP contribution in [-0.2, 0) is 9.53 Å². The van der Waals surface area contributed by atoms with Crippen LogP contribution >= 0.6 is 0 Å². The van der Waals surface area contributed by atoms with Crippen molar-refractivity contribution in [3.05, 3.63) is 24.0 Å². The number of nitrogens with zero attached hydrogens (tertiary/aromatic N) is 3. The Bertz CT molecular complexity index is 664. The standard InChI is InChI=1S/C15H17FN4O3/c1-10(21)17-8-12-9-19(15(22)23-12)11-3-4-14(13(16)7-11)20-6-2-5-18-20/h3-5,7,12H,2,6,8-9H2,1H3,(H,17,21)/t12-/m0/s1. The van der Waals surface area contributed by atoms with E-state index in [4.69, 9.17) is 4.74 Å². The molecular weight excluding hydrogens is 303 g/mol. The highest BCUT2D eigenvalue weighted by Gasteiger charge is 2.32. The largest absolute Gasteiger partial charge is 0.442 e. The number of rotatable bonds is 4. The van der Waals surface area contributed by atoms with Crippen LogP contribution in [0.1, 0.15) is 13.3 Å². The molecule has 0 radical (unpaired) electrons. The summed E-state index contributed by atoms with van der Waals surface area (Å²) in [6.07, 6.45) is 1.52. The van der Waals surface area contributed by atoms with Crippen molar-refractivity contribution in [3.8, 4) is 0 Å². The minimum absolute atomic E-state index is 0.193. The number of halogens is 1. The molecule has 1 aromatic carbocycles. The molecule has 1 atom stereocenters. The third kappa shape index (κ3) is 3.25. The summed E-state index contributed by atoms with van der Waals surface area (Å²) in [5, 5.41) is 8.27. The van der Waals surface area contributed by atoms with E-state index >= 15 is 0 Å². The second-order valence-electron chi connectivity index (χ2n) is 5.40. The first-order chi connectivity index (χ1) is 11.0. The highest BCUT2D eigenvalue weighted by atomic mass is 19.1. The van der Waals surface area contributed by atoms with Crippen LogP contribution in [-0.4, -0.2) is 44.0 Å². The molecule has 2 heterocycles. The smallest absolute Gasteiger partial charge is 0.414 e. The molecule has 0 unspecified atom stereocenters. The van der Waals surface area contributed by atoms with Crippen LogP contribution in [0.4, 0.5) is 20.6 Å². The molecule has 7 nitrogen and oxygen atoms in total. The maximum absolute atomic E-state index is 14.3. The van der Waals surface area contributed by atoms with Gasteiger partial charge in [0.25, 0.3) is 0 Å². The Labute approximate surface area is 132 Å². The van der Waals surface area contributed by atoms with E-state index in [1.807, 2.05) is 0 Å². The number of ether oxygens (including phenoxy) is 1. The van der Waals surface area contributed by atoms with Crippen molar-refractivity contribution in [2.75, 3.05) is 29.5 Å². The minimum atomic E-state index is -0.549. The lowest BCUT2D eigenvalue weighted by Gasteiger charge is -2.18. The lowest BCUT2D eigenvalue weighted by Crippen LogP contribution is -2.33. The maximum atomic E-state index is 14.3. The van der Waals surface area contributed by atoms with Gasteiger partial charge in [0.05, 0.1) is 24.5 Å². The second-order valence-corrected chi connectivity index (χ2v) is 5.40. The van der Waals surface area contributed by atoms with Crippen molar-refractivity contribution in [3.63, 3.8) is 0 Å². The summed E-state index contributed by atoms with van der Waals surface area (Å²) in [7, 11) is 0. The van der Waals surface area contributed by atoms with Crippen LogP contribution in [0.15, 0.2) is 23.3 Å². The van der Waals surface area contributed by atoms with Crippen LogP contribution in [0.5, 0.6) is 0 Å². The summed E-state index contributed by atoms with van der Waals surface area (Å²) in [5.41, 5.74) is 0.801. The third-order valence-electron chi connectivity index (χ3n) is 3.66. The van der Waals surface area contributed by atoms with E-state index in [1.54, 1.807) is 23.4 Å². The fourth-order valence-corrected chi connectivity index (χ4v) is 2.55. The van der Waals surface area contributed by atoms with Gasteiger partial charge in [0.2, 0.25) is 5.91 Å². The van der Waals surface area contributed by atoms with Gasteiger partial charge in [0, 0.05) is 26.1 Å². The Morgan fingerprint density at radius 2 is 2.35 bits per heavy atom. The molecule has 0 spiro atoms. The van der Waals surface area contributed by atoms with E-state index in [0.29, 0.717) is 17.9 Å². The zero-order chi connectivity index (χ0) is 16.4. The topological polar surface area (TPSA) is 74.2 Å².